The molecule has 6 heteroatoms. The second-order valence-corrected chi connectivity index (χ2v) is 6.28. The van der Waals surface area contributed by atoms with Gasteiger partial charge in [-0.05, 0) is 31.0 Å². The van der Waals surface area contributed by atoms with Crippen molar-refractivity contribution in [3.63, 3.8) is 0 Å². The van der Waals surface area contributed by atoms with Crippen LogP contribution in [0.3, 0.4) is 0 Å². The SMILES string of the molecule is N#Cc1cn(C2CCCC2)c2ccc(NC(=O)c3cnccn3)cc12. The van der Waals surface area contributed by atoms with Crippen LogP contribution >= 0.6 is 0 Å². The number of carbonyl (C=O) groups excluding carboxylic acids is 1. The maximum atomic E-state index is 12.2. The van der Waals surface area contributed by atoms with Crippen molar-refractivity contribution in [1.29, 1.82) is 5.26 Å². The van der Waals surface area contributed by atoms with Gasteiger partial charge in [-0.1, -0.05) is 12.8 Å². The molecule has 0 spiro atoms. The van der Waals surface area contributed by atoms with Gasteiger partial charge in [0, 0.05) is 41.2 Å². The average molecular weight is 331 g/mol. The minimum Gasteiger partial charge on any atom is -0.343 e. The Kier molecular flexibility index (Phi) is 3.90. The molecule has 3 aromatic rings. The summed E-state index contributed by atoms with van der Waals surface area (Å²) in [5.74, 6) is -0.318. The van der Waals surface area contributed by atoms with Crippen molar-refractivity contribution in [2.45, 2.75) is 31.7 Å². The Morgan fingerprint density at radius 1 is 1.28 bits per heavy atom. The summed E-state index contributed by atoms with van der Waals surface area (Å²) in [7, 11) is 0. The fourth-order valence-corrected chi connectivity index (χ4v) is 3.52. The van der Waals surface area contributed by atoms with E-state index < -0.39 is 0 Å². The van der Waals surface area contributed by atoms with Gasteiger partial charge in [-0.25, -0.2) is 4.98 Å². The van der Waals surface area contributed by atoms with Gasteiger partial charge in [0.2, 0.25) is 0 Å². The van der Waals surface area contributed by atoms with E-state index in [0.717, 1.165) is 23.7 Å². The number of fused-ring (bicyclic) bond motifs is 1. The quantitative estimate of drug-likeness (QED) is 0.793. The molecule has 124 valence electrons. The normalized spacial score (nSPS) is 14.5. The van der Waals surface area contributed by atoms with E-state index in [-0.39, 0.29) is 11.6 Å². The van der Waals surface area contributed by atoms with Crippen molar-refractivity contribution in [1.82, 2.24) is 14.5 Å². The highest BCUT2D eigenvalue weighted by Crippen LogP contribution is 2.35. The van der Waals surface area contributed by atoms with Crippen LogP contribution in [0.15, 0.2) is 43.0 Å². The van der Waals surface area contributed by atoms with Crippen molar-refractivity contribution in [3.8, 4) is 6.07 Å². The highest BCUT2D eigenvalue weighted by molar-refractivity contribution is 6.04. The van der Waals surface area contributed by atoms with Gasteiger partial charge in [-0.3, -0.25) is 9.78 Å². The van der Waals surface area contributed by atoms with Gasteiger partial charge in [0.15, 0.2) is 0 Å². The van der Waals surface area contributed by atoms with Crippen molar-refractivity contribution in [2.24, 2.45) is 0 Å². The van der Waals surface area contributed by atoms with Gasteiger partial charge in [-0.15, -0.1) is 0 Å². The molecular weight excluding hydrogens is 314 g/mol. The zero-order valence-corrected chi connectivity index (χ0v) is 13.6. The third-order valence-electron chi connectivity index (χ3n) is 4.73. The molecule has 1 amide bonds. The summed E-state index contributed by atoms with van der Waals surface area (Å²) in [5, 5.41) is 13.2. The number of amides is 1. The maximum Gasteiger partial charge on any atom is 0.275 e. The van der Waals surface area contributed by atoms with E-state index in [9.17, 15) is 10.1 Å². The number of anilines is 1. The number of hydrogen-bond donors (Lipinski definition) is 1. The third kappa shape index (κ3) is 2.85. The predicted molar refractivity (Wildman–Crippen MR) is 94.1 cm³/mol. The topological polar surface area (TPSA) is 83.6 Å². The van der Waals surface area contributed by atoms with Gasteiger partial charge >= 0.3 is 0 Å². The lowest BCUT2D eigenvalue weighted by atomic mass is 10.1. The van der Waals surface area contributed by atoms with E-state index in [0.29, 0.717) is 17.3 Å². The first-order valence-corrected chi connectivity index (χ1v) is 8.38. The van der Waals surface area contributed by atoms with Crippen LogP contribution in [0.1, 0.15) is 47.8 Å². The molecule has 0 unspecified atom stereocenters. The van der Waals surface area contributed by atoms with E-state index in [2.05, 4.69) is 25.9 Å². The predicted octanol–water partition coefficient (Wildman–Crippen LogP) is 3.67. The second kappa shape index (κ2) is 6.36. The first-order valence-electron chi connectivity index (χ1n) is 8.38. The Morgan fingerprint density at radius 3 is 2.84 bits per heavy atom. The molecule has 1 saturated carbocycles. The third-order valence-corrected chi connectivity index (χ3v) is 4.73. The minimum atomic E-state index is -0.318. The zero-order valence-electron chi connectivity index (χ0n) is 13.6. The van der Waals surface area contributed by atoms with E-state index >= 15 is 0 Å². The largest absolute Gasteiger partial charge is 0.343 e. The maximum absolute atomic E-state index is 12.2. The van der Waals surface area contributed by atoms with Crippen LogP contribution in [0, 0.1) is 11.3 Å². The van der Waals surface area contributed by atoms with Gasteiger partial charge < -0.3 is 9.88 Å². The lowest BCUT2D eigenvalue weighted by Gasteiger charge is -2.13. The number of hydrogen-bond acceptors (Lipinski definition) is 4. The molecule has 6 nitrogen and oxygen atoms in total. The second-order valence-electron chi connectivity index (χ2n) is 6.28. The van der Waals surface area contributed by atoms with Crippen LogP contribution in [0.25, 0.3) is 10.9 Å². The molecule has 25 heavy (non-hydrogen) atoms. The van der Waals surface area contributed by atoms with E-state index in [1.54, 1.807) is 0 Å². The molecule has 0 atom stereocenters. The highest BCUT2D eigenvalue weighted by atomic mass is 16.1. The van der Waals surface area contributed by atoms with E-state index in [1.165, 1.54) is 31.4 Å². The lowest BCUT2D eigenvalue weighted by Crippen LogP contribution is -2.13. The van der Waals surface area contributed by atoms with Gasteiger partial charge in [0.25, 0.3) is 5.91 Å². The Morgan fingerprint density at radius 2 is 2.12 bits per heavy atom. The fourth-order valence-electron chi connectivity index (χ4n) is 3.52. The first kappa shape index (κ1) is 15.3. The van der Waals surface area contributed by atoms with E-state index in [1.807, 2.05) is 24.4 Å². The van der Waals surface area contributed by atoms with Crippen LogP contribution in [0.4, 0.5) is 5.69 Å². The van der Waals surface area contributed by atoms with Crippen LogP contribution in [-0.2, 0) is 0 Å². The fraction of sp³-hybridized carbons (Fsp3) is 0.263. The number of benzene rings is 1. The molecule has 1 aliphatic rings. The molecule has 1 aliphatic carbocycles. The monoisotopic (exact) mass is 331 g/mol. The van der Waals surface area contributed by atoms with Gasteiger partial charge in [0.05, 0.1) is 11.8 Å². The summed E-state index contributed by atoms with van der Waals surface area (Å²) >= 11 is 0. The van der Waals surface area contributed by atoms with Crippen molar-refractivity contribution in [3.05, 3.63) is 54.2 Å². The number of nitrogens with zero attached hydrogens (tertiary/aromatic N) is 4. The van der Waals surface area contributed by atoms with Gasteiger partial charge in [-0.2, -0.15) is 5.26 Å². The number of aromatic nitrogens is 3. The number of nitrogens with one attached hydrogen (secondary N) is 1. The molecule has 0 saturated heterocycles. The molecule has 0 bridgehead atoms. The molecule has 2 aromatic heterocycles. The number of nitriles is 1. The van der Waals surface area contributed by atoms with Crippen LogP contribution in [0.5, 0.6) is 0 Å². The molecule has 1 N–H and O–H groups in total. The van der Waals surface area contributed by atoms with Gasteiger partial charge in [0.1, 0.15) is 11.8 Å². The average Bonchev–Trinajstić information content (AvgIpc) is 3.29. The summed E-state index contributed by atoms with van der Waals surface area (Å²) in [6, 6.07) is 8.42. The Labute approximate surface area is 145 Å². The first-order chi connectivity index (χ1) is 12.3. The molecule has 2 heterocycles. The summed E-state index contributed by atoms with van der Waals surface area (Å²) < 4.78 is 2.22. The molecule has 1 fully saturated rings. The minimum absolute atomic E-state index is 0.256. The Hall–Kier alpha value is -3.20. The molecule has 0 radical (unpaired) electrons. The molecular formula is C19H17N5O. The molecule has 4 rings (SSSR count). The summed E-state index contributed by atoms with van der Waals surface area (Å²) in [5.41, 5.74) is 2.58. The standard InChI is InChI=1S/C19H17N5O/c20-10-13-12-24(15-3-1-2-4-15)18-6-5-14(9-16(13)18)23-19(25)17-11-21-7-8-22-17/h5-9,11-12,15H,1-4H2,(H,23,25). The highest BCUT2D eigenvalue weighted by Gasteiger charge is 2.20. The van der Waals surface area contributed by atoms with Crippen molar-refractivity contribution in [2.75, 3.05) is 5.32 Å². The smallest absolute Gasteiger partial charge is 0.275 e. The zero-order chi connectivity index (χ0) is 17.2. The molecule has 1 aromatic carbocycles. The van der Waals surface area contributed by atoms with Crippen LogP contribution < -0.4 is 5.32 Å². The summed E-state index contributed by atoms with van der Waals surface area (Å²) in [4.78, 5) is 20.1. The summed E-state index contributed by atoms with van der Waals surface area (Å²) in [6.07, 6.45) is 11.1. The van der Waals surface area contributed by atoms with E-state index in [4.69, 9.17) is 0 Å². The number of rotatable bonds is 3. The van der Waals surface area contributed by atoms with Crippen LogP contribution in [-0.4, -0.2) is 20.4 Å². The molecule has 0 aliphatic heterocycles. The van der Waals surface area contributed by atoms with Crippen molar-refractivity contribution >= 4 is 22.5 Å². The number of carbonyl (C=O) groups is 1. The lowest BCUT2D eigenvalue weighted by molar-refractivity contribution is 0.102. The summed E-state index contributed by atoms with van der Waals surface area (Å²) in [6.45, 7) is 0. The van der Waals surface area contributed by atoms with Crippen molar-refractivity contribution < 1.29 is 4.79 Å². The Bertz CT molecular complexity index is 965. The van der Waals surface area contributed by atoms with Crippen LogP contribution in [0.2, 0.25) is 0 Å². The Balaban J connectivity index is 1.68.